The highest BCUT2D eigenvalue weighted by atomic mass is 16.5. The van der Waals surface area contributed by atoms with Crippen LogP contribution in [0, 0.1) is 17.8 Å². The molecule has 6 heteroatoms. The van der Waals surface area contributed by atoms with Crippen LogP contribution in [0.25, 0.3) is 0 Å². The lowest BCUT2D eigenvalue weighted by Gasteiger charge is -2.30. The minimum atomic E-state index is -0.0473. The van der Waals surface area contributed by atoms with Crippen LogP contribution < -0.4 is 0 Å². The maximum absolute atomic E-state index is 13.5. The summed E-state index contributed by atoms with van der Waals surface area (Å²) in [5.74, 6) is 1.62. The molecule has 4 rings (SSSR count). The minimum Gasteiger partial charge on any atom is -0.478 e. The second kappa shape index (κ2) is 10.4. The number of carbonyl (C=O) groups excluding carboxylic acids is 1. The Morgan fingerprint density at radius 3 is 2.87 bits per heavy atom. The molecule has 3 aliphatic heterocycles. The number of carbonyl (C=O) groups is 1. The van der Waals surface area contributed by atoms with Crippen LogP contribution in [0.4, 0.5) is 0 Å². The summed E-state index contributed by atoms with van der Waals surface area (Å²) in [5, 5.41) is 0. The molecule has 0 spiro atoms. The number of likely N-dealkylation sites (tertiary alicyclic amines) is 1. The molecule has 2 saturated heterocycles. The van der Waals surface area contributed by atoms with Crippen molar-refractivity contribution in [1.82, 2.24) is 9.80 Å². The predicted octanol–water partition coefficient (Wildman–Crippen LogP) is 2.99. The third-order valence-electron chi connectivity index (χ3n) is 6.13. The third-order valence-corrected chi connectivity index (χ3v) is 6.13. The lowest BCUT2D eigenvalue weighted by atomic mass is 10.0. The summed E-state index contributed by atoms with van der Waals surface area (Å²) in [4.78, 5) is 22.7. The number of ether oxygens (including phenoxy) is 2. The van der Waals surface area contributed by atoms with Gasteiger partial charge in [0.1, 0.15) is 6.61 Å². The molecule has 31 heavy (non-hydrogen) atoms. The zero-order valence-corrected chi connectivity index (χ0v) is 18.8. The van der Waals surface area contributed by atoms with E-state index in [1.165, 1.54) is 5.56 Å². The van der Waals surface area contributed by atoms with Crippen LogP contribution in [-0.4, -0.2) is 73.6 Å². The van der Waals surface area contributed by atoms with E-state index in [0.717, 1.165) is 38.5 Å². The van der Waals surface area contributed by atoms with E-state index in [2.05, 4.69) is 55.2 Å². The molecule has 1 aromatic carbocycles. The predicted molar refractivity (Wildman–Crippen MR) is 122 cm³/mol. The van der Waals surface area contributed by atoms with Crippen molar-refractivity contribution in [2.75, 3.05) is 46.0 Å². The highest BCUT2D eigenvalue weighted by Gasteiger charge is 2.33. The molecule has 168 valence electrons. The lowest BCUT2D eigenvalue weighted by molar-refractivity contribution is -0.135. The molecule has 1 amide bonds. The standard InChI is InChI=1S/C25H35N3O3/c1-19(2)14-28(17-23-9-8-22-18-30-12-13-31-24(22)26-23)25(29)21-10-11-27(16-21)15-20-6-4-3-5-7-20/h3-9,19,21-23H,10-18H2,1-2H3. The van der Waals surface area contributed by atoms with Crippen molar-refractivity contribution >= 4 is 11.8 Å². The largest absolute Gasteiger partial charge is 0.478 e. The van der Waals surface area contributed by atoms with Crippen molar-refractivity contribution in [1.29, 1.82) is 0 Å². The number of benzene rings is 1. The Kier molecular flexibility index (Phi) is 7.41. The smallest absolute Gasteiger partial charge is 0.227 e. The fraction of sp³-hybridized carbons (Fsp3) is 0.600. The van der Waals surface area contributed by atoms with E-state index in [0.29, 0.717) is 32.3 Å². The van der Waals surface area contributed by atoms with E-state index >= 15 is 0 Å². The summed E-state index contributed by atoms with van der Waals surface area (Å²) in [5.41, 5.74) is 1.31. The van der Waals surface area contributed by atoms with Crippen LogP contribution in [0.5, 0.6) is 0 Å². The second-order valence-electron chi connectivity index (χ2n) is 9.29. The van der Waals surface area contributed by atoms with E-state index in [-0.39, 0.29) is 23.8 Å². The minimum absolute atomic E-state index is 0.0473. The van der Waals surface area contributed by atoms with E-state index < -0.39 is 0 Å². The second-order valence-corrected chi connectivity index (χ2v) is 9.29. The average Bonchev–Trinajstić information content (AvgIpc) is 3.09. The summed E-state index contributed by atoms with van der Waals surface area (Å²) >= 11 is 0. The molecule has 3 aliphatic rings. The van der Waals surface area contributed by atoms with Gasteiger partial charge in [0.15, 0.2) is 5.90 Å². The van der Waals surface area contributed by atoms with E-state index in [4.69, 9.17) is 14.5 Å². The Hall–Kier alpha value is -2.18. The van der Waals surface area contributed by atoms with Gasteiger partial charge in [0.25, 0.3) is 0 Å². The van der Waals surface area contributed by atoms with Crippen LogP contribution in [0.1, 0.15) is 25.8 Å². The fourth-order valence-corrected chi connectivity index (χ4v) is 4.63. The maximum atomic E-state index is 13.5. The molecule has 1 aromatic rings. The van der Waals surface area contributed by atoms with Gasteiger partial charge in [-0.15, -0.1) is 0 Å². The van der Waals surface area contributed by atoms with Gasteiger partial charge in [-0.2, -0.15) is 0 Å². The van der Waals surface area contributed by atoms with Crippen LogP contribution in [0.3, 0.4) is 0 Å². The Morgan fingerprint density at radius 1 is 1.23 bits per heavy atom. The zero-order valence-electron chi connectivity index (χ0n) is 18.8. The average molecular weight is 426 g/mol. The normalized spacial score (nSPS) is 26.2. The first kappa shape index (κ1) is 22.0. The first-order valence-corrected chi connectivity index (χ1v) is 11.6. The van der Waals surface area contributed by atoms with Crippen molar-refractivity contribution in [3.8, 4) is 0 Å². The lowest BCUT2D eigenvalue weighted by Crippen LogP contribution is -2.43. The Morgan fingerprint density at radius 2 is 2.06 bits per heavy atom. The first-order chi connectivity index (χ1) is 15.1. The van der Waals surface area contributed by atoms with Crippen molar-refractivity contribution in [3.05, 3.63) is 48.0 Å². The monoisotopic (exact) mass is 425 g/mol. The molecule has 0 aliphatic carbocycles. The van der Waals surface area contributed by atoms with Crippen molar-refractivity contribution < 1.29 is 14.3 Å². The SMILES string of the molecule is CC(C)CN(CC1C=CC2COCCOC2=N1)C(=O)C1CCN(Cc2ccccc2)C1. The van der Waals surface area contributed by atoms with Crippen LogP contribution in [0.2, 0.25) is 0 Å². The van der Waals surface area contributed by atoms with Crippen LogP contribution in [-0.2, 0) is 20.8 Å². The number of dihydropyridines is 1. The van der Waals surface area contributed by atoms with Crippen LogP contribution in [0.15, 0.2) is 47.5 Å². The summed E-state index contributed by atoms with van der Waals surface area (Å²) in [7, 11) is 0. The maximum Gasteiger partial charge on any atom is 0.227 e. The van der Waals surface area contributed by atoms with Crippen LogP contribution >= 0.6 is 0 Å². The number of amides is 1. The quantitative estimate of drug-likeness (QED) is 0.631. The highest BCUT2D eigenvalue weighted by Crippen LogP contribution is 2.23. The highest BCUT2D eigenvalue weighted by molar-refractivity contribution is 5.82. The number of aliphatic imine (C=N–C) groups is 1. The van der Waals surface area contributed by atoms with Crippen molar-refractivity contribution in [2.45, 2.75) is 32.9 Å². The van der Waals surface area contributed by atoms with E-state index in [9.17, 15) is 4.79 Å². The molecule has 3 heterocycles. The van der Waals surface area contributed by atoms with E-state index in [1.807, 2.05) is 11.0 Å². The summed E-state index contributed by atoms with van der Waals surface area (Å²) in [6.45, 7) is 10.2. The van der Waals surface area contributed by atoms with Gasteiger partial charge in [-0.05, 0) is 24.4 Å². The van der Waals surface area contributed by atoms with Gasteiger partial charge in [0, 0.05) is 26.2 Å². The first-order valence-electron chi connectivity index (χ1n) is 11.6. The molecule has 0 N–H and O–H groups in total. The van der Waals surface area contributed by atoms with Gasteiger partial charge in [-0.25, -0.2) is 4.99 Å². The molecule has 3 unspecified atom stereocenters. The van der Waals surface area contributed by atoms with Gasteiger partial charge >= 0.3 is 0 Å². The Balaban J connectivity index is 1.38. The number of rotatable bonds is 7. The molecule has 6 nitrogen and oxygen atoms in total. The topological polar surface area (TPSA) is 54.4 Å². The van der Waals surface area contributed by atoms with Crippen molar-refractivity contribution in [2.24, 2.45) is 22.7 Å². The molecule has 0 radical (unpaired) electrons. The summed E-state index contributed by atoms with van der Waals surface area (Å²) < 4.78 is 11.4. The number of hydrogen-bond donors (Lipinski definition) is 0. The molecule has 2 fully saturated rings. The number of hydrogen-bond acceptors (Lipinski definition) is 5. The summed E-state index contributed by atoms with van der Waals surface area (Å²) in [6.07, 6.45) is 5.18. The fourth-order valence-electron chi connectivity index (χ4n) is 4.63. The molecule has 0 saturated carbocycles. The van der Waals surface area contributed by atoms with Crippen molar-refractivity contribution in [3.63, 3.8) is 0 Å². The van der Waals surface area contributed by atoms with E-state index in [1.54, 1.807) is 0 Å². The Labute approximate surface area is 185 Å². The van der Waals surface area contributed by atoms with Gasteiger partial charge in [-0.1, -0.05) is 56.3 Å². The summed E-state index contributed by atoms with van der Waals surface area (Å²) in [6, 6.07) is 10.5. The molecule has 0 aromatic heterocycles. The van der Waals surface area contributed by atoms with Gasteiger partial charge in [0.05, 0.1) is 31.1 Å². The van der Waals surface area contributed by atoms with Gasteiger partial charge in [0.2, 0.25) is 5.91 Å². The zero-order chi connectivity index (χ0) is 21.6. The molecular formula is C25H35N3O3. The third kappa shape index (κ3) is 5.95. The number of fused-ring (bicyclic) bond motifs is 1. The molecular weight excluding hydrogens is 390 g/mol. The van der Waals surface area contributed by atoms with Gasteiger partial charge < -0.3 is 14.4 Å². The van der Waals surface area contributed by atoms with Gasteiger partial charge in [-0.3, -0.25) is 9.69 Å². The Bertz CT molecular complexity index is 792. The molecule has 3 atom stereocenters. The number of nitrogens with zero attached hydrogens (tertiary/aromatic N) is 3. The molecule has 0 bridgehead atoms.